The van der Waals surface area contributed by atoms with Crippen LogP contribution in [0.15, 0.2) is 97.1 Å². The van der Waals surface area contributed by atoms with Crippen LogP contribution in [-0.4, -0.2) is 10.2 Å². The van der Waals surface area contributed by atoms with Gasteiger partial charge in [0, 0.05) is 11.1 Å². The molecule has 0 radical (unpaired) electrons. The van der Waals surface area contributed by atoms with E-state index in [4.69, 9.17) is 6.42 Å². The molecule has 0 saturated carbocycles. The van der Waals surface area contributed by atoms with Crippen LogP contribution < -0.4 is 0 Å². The van der Waals surface area contributed by atoms with Crippen molar-refractivity contribution in [3.8, 4) is 12.3 Å². The highest BCUT2D eigenvalue weighted by Gasteiger charge is 2.39. The van der Waals surface area contributed by atoms with E-state index in [0.717, 1.165) is 40.7 Å². The van der Waals surface area contributed by atoms with Crippen molar-refractivity contribution in [2.45, 2.75) is 36.9 Å². The molecule has 176 valence electrons. The Morgan fingerprint density at radius 2 is 1.19 bits per heavy atom. The van der Waals surface area contributed by atoms with E-state index < -0.39 is 11.2 Å². The molecule has 0 spiro atoms. The minimum atomic E-state index is -1.52. The maximum Gasteiger partial charge on any atom is 0.177 e. The quantitative estimate of drug-likeness (QED) is 0.350. The molecule has 2 N–H and O–H groups in total. The molecular formula is C34H28O2. The summed E-state index contributed by atoms with van der Waals surface area (Å²) in [5, 5.41) is 24.2. The van der Waals surface area contributed by atoms with Crippen molar-refractivity contribution in [3.63, 3.8) is 0 Å². The van der Waals surface area contributed by atoms with E-state index in [1.807, 2.05) is 60.7 Å². The summed E-state index contributed by atoms with van der Waals surface area (Å²) in [5.41, 5.74) is 6.00. The summed E-state index contributed by atoms with van der Waals surface area (Å²) in [7, 11) is 0. The molecule has 1 atom stereocenters. The third-order valence-corrected chi connectivity index (χ3v) is 7.90. The first-order chi connectivity index (χ1) is 17.5. The highest BCUT2D eigenvalue weighted by Crippen LogP contribution is 2.45. The van der Waals surface area contributed by atoms with Crippen LogP contribution in [0.5, 0.6) is 0 Å². The lowest BCUT2D eigenvalue weighted by Gasteiger charge is -2.32. The van der Waals surface area contributed by atoms with Crippen LogP contribution in [0.3, 0.4) is 0 Å². The molecule has 0 amide bonds. The van der Waals surface area contributed by atoms with E-state index in [9.17, 15) is 10.2 Å². The molecule has 0 heterocycles. The van der Waals surface area contributed by atoms with Crippen molar-refractivity contribution in [1.82, 2.24) is 0 Å². The van der Waals surface area contributed by atoms with Crippen LogP contribution in [-0.2, 0) is 24.0 Å². The summed E-state index contributed by atoms with van der Waals surface area (Å²) < 4.78 is 0. The SMILES string of the molecule is C#CC1(O)c2ccccc2C=C(CCC2(O)c3ccccc3CCc3ccccc32)c2ccccc21. The van der Waals surface area contributed by atoms with E-state index in [1.54, 1.807) is 0 Å². The fourth-order valence-electron chi connectivity index (χ4n) is 6.09. The van der Waals surface area contributed by atoms with Crippen molar-refractivity contribution < 1.29 is 10.2 Å². The van der Waals surface area contributed by atoms with Crippen molar-refractivity contribution >= 4 is 11.6 Å². The lowest BCUT2D eigenvalue weighted by molar-refractivity contribution is 0.0721. The third-order valence-electron chi connectivity index (χ3n) is 7.90. The number of allylic oxidation sites excluding steroid dienone is 1. The molecule has 1 unspecified atom stereocenters. The van der Waals surface area contributed by atoms with Gasteiger partial charge in [-0.2, -0.15) is 0 Å². The monoisotopic (exact) mass is 468 g/mol. The predicted octanol–water partition coefficient (Wildman–Crippen LogP) is 6.22. The highest BCUT2D eigenvalue weighted by molar-refractivity contribution is 5.87. The number of hydrogen-bond donors (Lipinski definition) is 2. The first-order valence-corrected chi connectivity index (χ1v) is 12.5. The molecule has 2 aliphatic rings. The second-order valence-corrected chi connectivity index (χ2v) is 9.83. The first kappa shape index (κ1) is 22.6. The number of benzene rings is 4. The molecule has 2 nitrogen and oxygen atoms in total. The Bertz CT molecular complexity index is 1490. The number of terminal acetylenes is 1. The van der Waals surface area contributed by atoms with E-state index in [0.29, 0.717) is 24.0 Å². The molecule has 0 saturated heterocycles. The lowest BCUT2D eigenvalue weighted by Crippen LogP contribution is -2.29. The minimum absolute atomic E-state index is 0.512. The van der Waals surface area contributed by atoms with Gasteiger partial charge in [0.2, 0.25) is 0 Å². The van der Waals surface area contributed by atoms with Gasteiger partial charge in [0.1, 0.15) is 5.60 Å². The second kappa shape index (κ2) is 8.64. The molecule has 0 aliphatic heterocycles. The van der Waals surface area contributed by atoms with Gasteiger partial charge in [0.05, 0.1) is 0 Å². The van der Waals surface area contributed by atoms with Crippen molar-refractivity contribution in [3.05, 3.63) is 142 Å². The van der Waals surface area contributed by atoms with Gasteiger partial charge in [-0.3, -0.25) is 0 Å². The minimum Gasteiger partial charge on any atom is -0.380 e. The largest absolute Gasteiger partial charge is 0.380 e. The smallest absolute Gasteiger partial charge is 0.177 e. The molecule has 4 aromatic rings. The van der Waals surface area contributed by atoms with Gasteiger partial charge in [-0.25, -0.2) is 0 Å². The Morgan fingerprint density at radius 1 is 0.667 bits per heavy atom. The summed E-state index contributed by atoms with van der Waals surface area (Å²) in [4.78, 5) is 0. The summed E-state index contributed by atoms with van der Waals surface area (Å²) in [6.45, 7) is 0. The summed E-state index contributed by atoms with van der Waals surface area (Å²) in [6, 6.07) is 32.1. The molecule has 0 fully saturated rings. The van der Waals surface area contributed by atoms with Crippen LogP contribution in [0, 0.1) is 12.3 Å². The summed E-state index contributed by atoms with van der Waals surface area (Å²) >= 11 is 0. The van der Waals surface area contributed by atoms with Crippen molar-refractivity contribution in [2.24, 2.45) is 0 Å². The molecular weight excluding hydrogens is 440 g/mol. The molecule has 2 aliphatic carbocycles. The fourth-order valence-corrected chi connectivity index (χ4v) is 6.09. The Morgan fingerprint density at radius 3 is 1.83 bits per heavy atom. The van der Waals surface area contributed by atoms with Crippen molar-refractivity contribution in [1.29, 1.82) is 0 Å². The fraction of sp³-hybridized carbons (Fsp3) is 0.176. The Labute approximate surface area is 212 Å². The van der Waals surface area contributed by atoms with Gasteiger partial charge in [-0.15, -0.1) is 6.42 Å². The lowest BCUT2D eigenvalue weighted by atomic mass is 9.78. The highest BCUT2D eigenvalue weighted by atomic mass is 16.3. The molecule has 36 heavy (non-hydrogen) atoms. The zero-order chi connectivity index (χ0) is 24.8. The van der Waals surface area contributed by atoms with Gasteiger partial charge < -0.3 is 10.2 Å². The maximum absolute atomic E-state index is 12.4. The molecule has 2 heteroatoms. The Hall–Kier alpha value is -3.90. The van der Waals surface area contributed by atoms with E-state index in [1.165, 1.54) is 11.1 Å². The van der Waals surface area contributed by atoms with Crippen LogP contribution in [0.2, 0.25) is 0 Å². The van der Waals surface area contributed by atoms with Crippen molar-refractivity contribution in [2.75, 3.05) is 0 Å². The van der Waals surface area contributed by atoms with E-state index in [-0.39, 0.29) is 0 Å². The Kier molecular flexibility index (Phi) is 5.41. The summed E-state index contributed by atoms with van der Waals surface area (Å²) in [6.07, 6.45) is 11.0. The molecule has 0 bridgehead atoms. The molecule has 0 aromatic heterocycles. The first-order valence-electron chi connectivity index (χ1n) is 12.5. The number of aryl methyl sites for hydroxylation is 2. The van der Waals surface area contributed by atoms with E-state index >= 15 is 0 Å². The average Bonchev–Trinajstić information content (AvgIpc) is 3.12. The van der Waals surface area contributed by atoms with Gasteiger partial charge in [0.25, 0.3) is 0 Å². The normalized spacial score (nSPS) is 19.3. The van der Waals surface area contributed by atoms with Crippen LogP contribution >= 0.6 is 0 Å². The standard InChI is InChI=1S/C34H28O2/c1-2-33(35)31-17-9-5-13-27(31)23-26(28-14-6-10-18-32(28)33)21-22-34(36)29-15-7-3-11-24(29)19-20-25-12-4-8-16-30(25)34/h1,3-18,23,35-36H,19-22H2. The maximum atomic E-state index is 12.4. The van der Waals surface area contributed by atoms with E-state index in [2.05, 4.69) is 48.4 Å². The molecule has 4 aromatic carbocycles. The van der Waals surface area contributed by atoms with Gasteiger partial charge >= 0.3 is 0 Å². The molecule has 6 rings (SSSR count). The van der Waals surface area contributed by atoms with Gasteiger partial charge in [-0.05, 0) is 64.6 Å². The number of rotatable bonds is 3. The van der Waals surface area contributed by atoms with Crippen LogP contribution in [0.1, 0.15) is 57.3 Å². The summed E-state index contributed by atoms with van der Waals surface area (Å²) in [5.74, 6) is 2.67. The predicted molar refractivity (Wildman–Crippen MR) is 145 cm³/mol. The Balaban J connectivity index is 1.49. The van der Waals surface area contributed by atoms with Gasteiger partial charge in [-0.1, -0.05) is 109 Å². The third kappa shape index (κ3) is 3.44. The average molecular weight is 469 g/mol. The second-order valence-electron chi connectivity index (χ2n) is 9.83. The van der Waals surface area contributed by atoms with Crippen LogP contribution in [0.4, 0.5) is 0 Å². The number of hydrogen-bond acceptors (Lipinski definition) is 2. The number of aliphatic hydroxyl groups is 2. The van der Waals surface area contributed by atoms with Crippen LogP contribution in [0.25, 0.3) is 11.6 Å². The zero-order valence-electron chi connectivity index (χ0n) is 20.1. The zero-order valence-corrected chi connectivity index (χ0v) is 20.1. The number of fused-ring (bicyclic) bond motifs is 4. The topological polar surface area (TPSA) is 40.5 Å². The van der Waals surface area contributed by atoms with Gasteiger partial charge in [0.15, 0.2) is 5.60 Å².